The highest BCUT2D eigenvalue weighted by molar-refractivity contribution is 5.90. The van der Waals surface area contributed by atoms with E-state index in [4.69, 9.17) is 20.3 Å². The standard InChI is InChI=1S/C42H69N5O5/c1-12-19-44-35(48)34-45-24-46-47(34)30-20-42-23-51-21-38(8,33(30)52-22-41(11,43)26(4)5)31(42)14-13-28-29(42)15-16-40(10)32(36(49)50)37(7,27(6)25(2)3)17-18-39(28,40)9/h15,24-28,30-33H,12-14,16-23,43H2,1-11H3,(H,44,48)(H,49,50)/t27-,28+,30-,31+,32-,33+,37-,38+,39-,40+,41+,42?/m1/s1. The summed E-state index contributed by atoms with van der Waals surface area (Å²) < 4.78 is 15.6. The van der Waals surface area contributed by atoms with Crippen molar-refractivity contribution in [3.05, 3.63) is 23.8 Å². The van der Waals surface area contributed by atoms with Crippen molar-refractivity contribution in [3.63, 3.8) is 0 Å². The topological polar surface area (TPSA) is 142 Å². The maximum Gasteiger partial charge on any atom is 0.307 e. The van der Waals surface area contributed by atoms with E-state index in [1.54, 1.807) is 0 Å². The molecule has 1 aromatic heterocycles. The summed E-state index contributed by atoms with van der Waals surface area (Å²) in [6, 6.07) is -0.271. The lowest BCUT2D eigenvalue weighted by atomic mass is 9.34. The largest absolute Gasteiger partial charge is 0.481 e. The fourth-order valence-electron chi connectivity index (χ4n) is 12.5. The number of rotatable bonds is 11. The van der Waals surface area contributed by atoms with Gasteiger partial charge in [-0.15, -0.1) is 0 Å². The number of ether oxygens (including phenoxy) is 2. The zero-order valence-electron chi connectivity index (χ0n) is 34.1. The molecule has 6 rings (SSSR count). The molecular weight excluding hydrogens is 654 g/mol. The number of amides is 1. The fourth-order valence-corrected chi connectivity index (χ4v) is 12.5. The molecule has 12 atom stereocenters. The van der Waals surface area contributed by atoms with E-state index < -0.39 is 22.8 Å². The van der Waals surface area contributed by atoms with E-state index in [1.165, 1.54) is 11.9 Å². The summed E-state index contributed by atoms with van der Waals surface area (Å²) in [5.41, 5.74) is 6.17. The fraction of sp³-hybridized carbons (Fsp3) is 0.857. The van der Waals surface area contributed by atoms with Gasteiger partial charge in [0, 0.05) is 22.9 Å². The highest BCUT2D eigenvalue weighted by atomic mass is 16.5. The van der Waals surface area contributed by atoms with Gasteiger partial charge in [0.2, 0.25) is 5.82 Å². The van der Waals surface area contributed by atoms with Gasteiger partial charge in [0.05, 0.1) is 37.9 Å². The van der Waals surface area contributed by atoms with Crippen LogP contribution in [-0.2, 0) is 14.3 Å². The number of hydrogen-bond acceptors (Lipinski definition) is 7. The Labute approximate surface area is 312 Å². The number of carboxylic acid groups (broad SMARTS) is 1. The number of nitrogens with zero attached hydrogens (tertiary/aromatic N) is 3. The Kier molecular flexibility index (Phi) is 10.2. The van der Waals surface area contributed by atoms with E-state index in [9.17, 15) is 14.7 Å². The van der Waals surface area contributed by atoms with Crippen molar-refractivity contribution in [2.45, 2.75) is 139 Å². The van der Waals surface area contributed by atoms with Crippen molar-refractivity contribution < 1.29 is 24.2 Å². The average molecular weight is 724 g/mol. The number of carbonyl (C=O) groups excluding carboxylic acids is 1. The molecule has 2 bridgehead atoms. The molecule has 4 fully saturated rings. The normalized spacial score (nSPS) is 41.7. The molecule has 1 aliphatic heterocycles. The lowest BCUT2D eigenvalue weighted by Gasteiger charge is -2.71. The van der Waals surface area contributed by atoms with Crippen LogP contribution in [0.15, 0.2) is 18.0 Å². The molecule has 1 aromatic rings. The number of aromatic nitrogens is 3. The molecule has 10 heteroatoms. The first kappa shape index (κ1) is 39.4. The molecule has 4 N–H and O–H groups in total. The van der Waals surface area contributed by atoms with Crippen LogP contribution in [0.3, 0.4) is 0 Å². The van der Waals surface area contributed by atoms with Gasteiger partial charge < -0.3 is 25.6 Å². The van der Waals surface area contributed by atoms with Gasteiger partial charge >= 0.3 is 5.97 Å². The molecular formula is C42H69N5O5. The van der Waals surface area contributed by atoms with Gasteiger partial charge in [0.25, 0.3) is 5.91 Å². The van der Waals surface area contributed by atoms with Gasteiger partial charge in [-0.05, 0) is 97.7 Å². The first-order valence-corrected chi connectivity index (χ1v) is 20.3. The second-order valence-electron chi connectivity index (χ2n) is 19.8. The highest BCUT2D eigenvalue weighted by Gasteiger charge is 2.72. The number of nitrogens with two attached hydrogens (primary N) is 1. The zero-order chi connectivity index (χ0) is 38.2. The first-order chi connectivity index (χ1) is 24.2. The smallest absolute Gasteiger partial charge is 0.307 e. The number of aliphatic carboxylic acids is 1. The van der Waals surface area contributed by atoms with Gasteiger partial charge in [-0.1, -0.05) is 80.9 Å². The molecule has 0 radical (unpaired) electrons. The molecule has 1 amide bonds. The highest BCUT2D eigenvalue weighted by Crippen LogP contribution is 2.75. The second-order valence-corrected chi connectivity index (χ2v) is 19.8. The van der Waals surface area contributed by atoms with Crippen molar-refractivity contribution in [1.82, 2.24) is 20.1 Å². The van der Waals surface area contributed by atoms with Crippen LogP contribution in [0.2, 0.25) is 0 Å². The van der Waals surface area contributed by atoms with Gasteiger partial charge in [0.15, 0.2) is 0 Å². The maximum atomic E-state index is 13.6. The minimum Gasteiger partial charge on any atom is -0.481 e. The van der Waals surface area contributed by atoms with Crippen LogP contribution in [0.1, 0.15) is 138 Å². The summed E-state index contributed by atoms with van der Waals surface area (Å²) in [5.74, 6) is 0.421. The van der Waals surface area contributed by atoms with Crippen molar-refractivity contribution in [2.75, 3.05) is 26.4 Å². The summed E-state index contributed by atoms with van der Waals surface area (Å²) in [6.45, 7) is 26.5. The number of allylic oxidation sites excluding steroid dienone is 1. The van der Waals surface area contributed by atoms with Crippen LogP contribution in [0.4, 0.5) is 0 Å². The summed E-state index contributed by atoms with van der Waals surface area (Å²) in [6.07, 6.45) is 9.88. The molecule has 52 heavy (non-hydrogen) atoms. The maximum absolute atomic E-state index is 13.6. The molecule has 0 aromatic carbocycles. The number of carbonyl (C=O) groups is 2. The third-order valence-electron chi connectivity index (χ3n) is 16.6. The van der Waals surface area contributed by atoms with Crippen molar-refractivity contribution >= 4 is 11.9 Å². The van der Waals surface area contributed by atoms with E-state index in [0.717, 1.165) is 38.5 Å². The Balaban J connectivity index is 1.47. The molecule has 2 heterocycles. The third kappa shape index (κ3) is 5.65. The molecule has 10 nitrogen and oxygen atoms in total. The lowest BCUT2D eigenvalue weighted by molar-refractivity contribution is -0.252. The molecule has 1 saturated heterocycles. The summed E-state index contributed by atoms with van der Waals surface area (Å²) in [7, 11) is 0. The monoisotopic (exact) mass is 724 g/mol. The predicted octanol–water partition coefficient (Wildman–Crippen LogP) is 7.31. The van der Waals surface area contributed by atoms with Gasteiger partial charge in [-0.25, -0.2) is 9.67 Å². The van der Waals surface area contributed by atoms with Crippen LogP contribution in [0.5, 0.6) is 0 Å². The van der Waals surface area contributed by atoms with Crippen molar-refractivity contribution in [1.29, 1.82) is 0 Å². The summed E-state index contributed by atoms with van der Waals surface area (Å²) in [5, 5.41) is 18.9. The van der Waals surface area contributed by atoms with Gasteiger partial charge in [-0.3, -0.25) is 9.59 Å². The molecule has 1 unspecified atom stereocenters. The van der Waals surface area contributed by atoms with Crippen LogP contribution >= 0.6 is 0 Å². The number of nitrogens with one attached hydrogen (secondary N) is 1. The Hall–Kier alpha value is -2.30. The van der Waals surface area contributed by atoms with Gasteiger partial charge in [-0.2, -0.15) is 5.10 Å². The van der Waals surface area contributed by atoms with Crippen LogP contribution in [0, 0.1) is 62.6 Å². The SMILES string of the molecule is CCCNC(=O)c1ncnn1[C@@H]1CC23COC[C@@](C)([C@@H]2CC[C@H]2C3=CC[C@@]3(C)[C@H](C(=O)O)[C@@](C)([C@H](C)C(C)C)CC[C@]23C)[C@H]1OC[C@](C)(N)C(C)C. The number of hydrogen-bond donors (Lipinski definition) is 3. The average Bonchev–Trinajstić information content (AvgIpc) is 3.56. The lowest BCUT2D eigenvalue weighted by Crippen LogP contribution is -2.69. The Morgan fingerprint density at radius 3 is 2.46 bits per heavy atom. The number of carboxylic acids is 1. The zero-order valence-corrected chi connectivity index (χ0v) is 34.1. The van der Waals surface area contributed by atoms with Crippen molar-refractivity contribution in [2.24, 2.45) is 68.3 Å². The Bertz CT molecular complexity index is 1550. The van der Waals surface area contributed by atoms with E-state index in [-0.39, 0.29) is 57.5 Å². The molecule has 292 valence electrons. The number of fused-ring (bicyclic) bond motifs is 3. The molecule has 3 saturated carbocycles. The van der Waals surface area contributed by atoms with E-state index in [2.05, 4.69) is 85.6 Å². The predicted molar refractivity (Wildman–Crippen MR) is 202 cm³/mol. The van der Waals surface area contributed by atoms with E-state index in [1.807, 2.05) is 11.6 Å². The van der Waals surface area contributed by atoms with Crippen LogP contribution < -0.4 is 11.1 Å². The summed E-state index contributed by atoms with van der Waals surface area (Å²) in [4.78, 5) is 31.6. The molecule has 5 aliphatic rings. The quantitative estimate of drug-likeness (QED) is 0.202. The first-order valence-electron chi connectivity index (χ1n) is 20.3. The second kappa shape index (κ2) is 13.5. The van der Waals surface area contributed by atoms with Crippen LogP contribution in [-0.4, -0.2) is 69.8 Å². The summed E-state index contributed by atoms with van der Waals surface area (Å²) >= 11 is 0. The van der Waals surface area contributed by atoms with Crippen LogP contribution in [0.25, 0.3) is 0 Å². The van der Waals surface area contributed by atoms with E-state index in [0.29, 0.717) is 50.4 Å². The Morgan fingerprint density at radius 1 is 1.12 bits per heavy atom. The van der Waals surface area contributed by atoms with E-state index >= 15 is 0 Å². The van der Waals surface area contributed by atoms with Crippen molar-refractivity contribution in [3.8, 4) is 0 Å². The minimum absolute atomic E-state index is 0.191. The molecule has 0 spiro atoms. The minimum atomic E-state index is -0.646. The third-order valence-corrected chi connectivity index (χ3v) is 16.6. The Morgan fingerprint density at radius 2 is 1.83 bits per heavy atom. The van der Waals surface area contributed by atoms with Gasteiger partial charge in [0.1, 0.15) is 6.33 Å². The molecule has 4 aliphatic carbocycles.